The molecule has 0 aliphatic carbocycles. The molecule has 0 spiro atoms. The molecule has 1 heterocycles. The van der Waals surface area contributed by atoms with E-state index in [4.69, 9.17) is 0 Å². The first-order valence-corrected chi connectivity index (χ1v) is 12.6. The van der Waals surface area contributed by atoms with Gasteiger partial charge in [0.15, 0.2) is 0 Å². The van der Waals surface area contributed by atoms with Crippen LogP contribution in [0.2, 0.25) is 0 Å². The average Bonchev–Trinajstić information content (AvgIpc) is 3.28. The number of para-hydroxylation sites is 1. The van der Waals surface area contributed by atoms with Crippen molar-refractivity contribution < 1.29 is 14.5 Å². The Hall–Kier alpha value is -3.91. The van der Waals surface area contributed by atoms with Gasteiger partial charge in [-0.25, -0.2) is 5.43 Å². The van der Waals surface area contributed by atoms with E-state index in [0.717, 1.165) is 22.6 Å². The van der Waals surface area contributed by atoms with E-state index < -0.39 is 0 Å². The summed E-state index contributed by atoms with van der Waals surface area (Å²) in [6.07, 6.45) is 1.41. The molecule has 7 nitrogen and oxygen atoms in total. The molecule has 4 aromatic rings. The van der Waals surface area contributed by atoms with Gasteiger partial charge in [0.2, 0.25) is 0 Å². The number of phenolic OH excluding ortho intramolecular Hbond substituents is 1. The molecule has 3 aromatic carbocycles. The topological polar surface area (TPSA) is 94.2 Å². The Morgan fingerprint density at radius 2 is 1.78 bits per heavy atom. The van der Waals surface area contributed by atoms with Crippen LogP contribution in [-0.4, -0.2) is 33.2 Å². The van der Waals surface area contributed by atoms with Crippen molar-refractivity contribution in [2.24, 2.45) is 5.10 Å². The summed E-state index contributed by atoms with van der Waals surface area (Å²) < 4.78 is 2.02. The van der Waals surface area contributed by atoms with E-state index in [2.05, 4.69) is 77.9 Å². The summed E-state index contributed by atoms with van der Waals surface area (Å²) >= 11 is 1.31. The zero-order chi connectivity index (χ0) is 25.7. The van der Waals surface area contributed by atoms with E-state index in [1.807, 2.05) is 23.6 Å². The number of aromatic nitrogens is 3. The number of carbonyl (C=O) groups excluding carboxylic acids is 1. The van der Waals surface area contributed by atoms with Gasteiger partial charge in [-0.05, 0) is 66.1 Å². The number of phenols is 1. The van der Waals surface area contributed by atoms with E-state index in [-0.39, 0.29) is 22.8 Å². The number of H-pyrrole nitrogens is 1. The number of aryl methyl sites for hydroxylation is 1. The Bertz CT molecular complexity index is 1370. The fourth-order valence-corrected chi connectivity index (χ4v) is 4.34. The van der Waals surface area contributed by atoms with Gasteiger partial charge in [-0.3, -0.25) is 4.79 Å². The van der Waals surface area contributed by atoms with Crippen molar-refractivity contribution in [3.63, 3.8) is 0 Å². The Morgan fingerprint density at radius 3 is 2.44 bits per heavy atom. The number of amides is 1. The molecule has 3 N–H and O–H groups in total. The molecule has 0 bridgehead atoms. The van der Waals surface area contributed by atoms with Crippen LogP contribution in [0, 0.1) is 6.92 Å². The van der Waals surface area contributed by atoms with Crippen molar-refractivity contribution in [2.45, 2.75) is 38.3 Å². The van der Waals surface area contributed by atoms with E-state index in [9.17, 15) is 9.90 Å². The quantitative estimate of drug-likeness (QED) is 0.145. The number of hydrogen-bond acceptors (Lipinski definition) is 5. The number of hydrogen-bond donors (Lipinski definition) is 3. The van der Waals surface area contributed by atoms with Crippen LogP contribution < -0.4 is 9.99 Å². The van der Waals surface area contributed by atoms with Crippen LogP contribution in [0.5, 0.6) is 5.75 Å². The SMILES string of the molecule is Cc1ccc(-[n+]2c(SCC(=O)N/N=C/c3ccccc3O)n[nH]c2-c2ccc(C(C)(C)C)cc2)cc1. The molecule has 1 amide bonds. The Kier molecular flexibility index (Phi) is 7.55. The molecule has 0 unspecified atom stereocenters. The summed E-state index contributed by atoms with van der Waals surface area (Å²) in [4.78, 5) is 12.4. The first-order chi connectivity index (χ1) is 17.2. The van der Waals surface area contributed by atoms with Crippen molar-refractivity contribution in [3.05, 3.63) is 89.5 Å². The molecule has 8 heteroatoms. The first-order valence-electron chi connectivity index (χ1n) is 11.6. The Labute approximate surface area is 215 Å². The van der Waals surface area contributed by atoms with Crippen molar-refractivity contribution in [1.82, 2.24) is 15.6 Å². The summed E-state index contributed by atoms with van der Waals surface area (Å²) in [7, 11) is 0. The largest absolute Gasteiger partial charge is 0.507 e. The van der Waals surface area contributed by atoms with Gasteiger partial charge in [-0.1, -0.05) is 62.7 Å². The van der Waals surface area contributed by atoms with Crippen molar-refractivity contribution in [1.29, 1.82) is 0 Å². The summed E-state index contributed by atoms with van der Waals surface area (Å²) in [5.74, 6) is 0.779. The van der Waals surface area contributed by atoms with E-state index in [1.165, 1.54) is 23.5 Å². The number of hydrazone groups is 1. The van der Waals surface area contributed by atoms with Crippen LogP contribution in [0.4, 0.5) is 0 Å². The Morgan fingerprint density at radius 1 is 1.08 bits per heavy atom. The summed E-state index contributed by atoms with van der Waals surface area (Å²) in [5.41, 5.74) is 7.46. The van der Waals surface area contributed by atoms with Gasteiger partial charge in [-0.15, -0.1) is 5.10 Å². The number of aromatic amines is 1. The molecule has 0 aliphatic heterocycles. The van der Waals surface area contributed by atoms with E-state index in [0.29, 0.717) is 10.7 Å². The van der Waals surface area contributed by atoms with Crippen LogP contribution in [0.3, 0.4) is 0 Å². The lowest BCUT2D eigenvalue weighted by molar-refractivity contribution is -0.625. The molecule has 36 heavy (non-hydrogen) atoms. The van der Waals surface area contributed by atoms with Crippen LogP contribution in [0.15, 0.2) is 83.1 Å². The van der Waals surface area contributed by atoms with Gasteiger partial charge < -0.3 is 5.11 Å². The number of carbonyl (C=O) groups is 1. The monoisotopic (exact) mass is 500 g/mol. The minimum absolute atomic E-state index is 0.0650. The van der Waals surface area contributed by atoms with E-state index >= 15 is 0 Å². The normalized spacial score (nSPS) is 11.7. The molecule has 184 valence electrons. The zero-order valence-electron chi connectivity index (χ0n) is 20.8. The van der Waals surface area contributed by atoms with Gasteiger partial charge >= 0.3 is 5.16 Å². The number of rotatable bonds is 7. The molecule has 0 atom stereocenters. The van der Waals surface area contributed by atoms with Crippen LogP contribution in [-0.2, 0) is 10.2 Å². The fraction of sp³-hybridized carbons (Fsp3) is 0.214. The summed E-state index contributed by atoms with van der Waals surface area (Å²) in [6.45, 7) is 8.62. The highest BCUT2D eigenvalue weighted by Gasteiger charge is 2.25. The molecular weight excluding hydrogens is 470 g/mol. The number of nitrogens with one attached hydrogen (secondary N) is 2. The lowest BCUT2D eigenvalue weighted by Crippen LogP contribution is -2.34. The van der Waals surface area contributed by atoms with Crippen LogP contribution in [0.1, 0.15) is 37.5 Å². The third-order valence-electron chi connectivity index (χ3n) is 5.65. The highest BCUT2D eigenvalue weighted by atomic mass is 32.2. The molecule has 4 rings (SSSR count). The number of aromatic hydroxyl groups is 1. The zero-order valence-corrected chi connectivity index (χ0v) is 21.6. The lowest BCUT2D eigenvalue weighted by atomic mass is 9.87. The summed E-state index contributed by atoms with van der Waals surface area (Å²) in [6, 6.07) is 23.4. The highest BCUT2D eigenvalue weighted by Crippen LogP contribution is 2.26. The van der Waals surface area contributed by atoms with Crippen LogP contribution >= 0.6 is 11.8 Å². The van der Waals surface area contributed by atoms with Crippen molar-refractivity contribution >= 4 is 23.9 Å². The molecule has 0 saturated heterocycles. The smallest absolute Gasteiger partial charge is 0.342 e. The van der Waals surface area contributed by atoms with Gasteiger partial charge in [0.25, 0.3) is 11.7 Å². The highest BCUT2D eigenvalue weighted by molar-refractivity contribution is 7.99. The minimum Gasteiger partial charge on any atom is -0.507 e. The van der Waals surface area contributed by atoms with Crippen LogP contribution in [0.25, 0.3) is 17.1 Å². The number of nitrogens with zero attached hydrogens (tertiary/aromatic N) is 3. The predicted octanol–water partition coefficient (Wildman–Crippen LogP) is 4.91. The fourth-order valence-electron chi connectivity index (χ4n) is 3.58. The number of thioether (sulfide) groups is 1. The molecule has 1 aromatic heterocycles. The third-order valence-corrected chi connectivity index (χ3v) is 6.59. The van der Waals surface area contributed by atoms with Gasteiger partial charge in [0.1, 0.15) is 11.4 Å². The standard InChI is InChI=1S/C28H29N5O2S/c1-19-9-15-23(16-10-19)33-26(20-11-13-22(14-12-20)28(2,3)4)31-32-27(33)36-18-25(35)30-29-17-21-7-5-6-8-24(21)34/h5-17H,18H2,1-4H3,(H2,29,30,34,35)/p+1. The lowest BCUT2D eigenvalue weighted by Gasteiger charge is -2.18. The molecule has 0 fully saturated rings. The third kappa shape index (κ3) is 6.01. The second kappa shape index (κ2) is 10.8. The van der Waals surface area contributed by atoms with Gasteiger partial charge in [-0.2, -0.15) is 9.67 Å². The van der Waals surface area contributed by atoms with E-state index in [1.54, 1.807) is 24.3 Å². The molecular formula is C28H30N5O2S+. The first kappa shape index (κ1) is 25.2. The number of benzene rings is 3. The second-order valence-corrected chi connectivity index (χ2v) is 10.4. The maximum atomic E-state index is 12.4. The Balaban J connectivity index is 1.55. The minimum atomic E-state index is -0.277. The molecule has 0 radical (unpaired) electrons. The maximum absolute atomic E-state index is 12.4. The van der Waals surface area contributed by atoms with Gasteiger partial charge in [0.05, 0.1) is 22.6 Å². The maximum Gasteiger partial charge on any atom is 0.342 e. The van der Waals surface area contributed by atoms with Crippen molar-refractivity contribution in [2.75, 3.05) is 5.75 Å². The second-order valence-electron chi connectivity index (χ2n) is 9.49. The molecule has 0 aliphatic rings. The summed E-state index contributed by atoms with van der Waals surface area (Å²) in [5, 5.41) is 22.1. The molecule has 0 saturated carbocycles. The average molecular weight is 501 g/mol. The predicted molar refractivity (Wildman–Crippen MR) is 144 cm³/mol. The van der Waals surface area contributed by atoms with Crippen molar-refractivity contribution in [3.8, 4) is 22.8 Å². The van der Waals surface area contributed by atoms with Gasteiger partial charge in [0, 0.05) is 5.56 Å².